The molecule has 1 N–H and O–H groups in total. The van der Waals surface area contributed by atoms with Gasteiger partial charge in [-0.05, 0) is 9.05 Å². The average molecular weight is 195 g/mol. The molecule has 9 heteroatoms. The normalized spacial score (nSPS) is 33.1. The number of rotatable bonds is 0. The Bertz CT molecular complexity index is 142. The number of hydrogen-bond donors (Lipinski definition) is 1. The second-order valence-electron chi connectivity index (χ2n) is 1.05. The summed E-state index contributed by atoms with van der Waals surface area (Å²) in [6.45, 7) is -1.70. The molecule has 2 unspecified atom stereocenters. The van der Waals surface area contributed by atoms with Crippen LogP contribution in [0.2, 0.25) is 0 Å². The van der Waals surface area contributed by atoms with E-state index in [0.717, 1.165) is 0 Å². The van der Waals surface area contributed by atoms with Crippen LogP contribution in [0.4, 0.5) is 0 Å². The van der Waals surface area contributed by atoms with Gasteiger partial charge in [-0.1, -0.05) is 0 Å². The summed E-state index contributed by atoms with van der Waals surface area (Å²) in [7, 11) is -4.96. The van der Waals surface area contributed by atoms with Crippen molar-refractivity contribution in [2.45, 2.75) is 6.48 Å². The Balaban J connectivity index is 0.000000810. The van der Waals surface area contributed by atoms with E-state index in [1.54, 1.807) is 0 Å². The quantitative estimate of drug-likeness (QED) is 0.440. The van der Waals surface area contributed by atoms with Crippen molar-refractivity contribution in [2.75, 3.05) is 0 Å². The first kappa shape index (κ1) is 11.0. The number of hydrogen-bond acceptors (Lipinski definition) is 6. The SMILES string of the molecule is O=[P+]1OC(O)O[P+](=O)O1.[Na]. The van der Waals surface area contributed by atoms with E-state index in [1.165, 1.54) is 0 Å². The second-order valence-corrected chi connectivity index (χ2v) is 3.02. The van der Waals surface area contributed by atoms with E-state index in [2.05, 4.69) is 13.4 Å². The zero-order valence-corrected chi connectivity index (χ0v) is 8.75. The molecule has 1 aliphatic heterocycles. The van der Waals surface area contributed by atoms with E-state index in [-0.39, 0.29) is 29.6 Å². The molecule has 1 fully saturated rings. The molecule has 0 aromatic carbocycles. The van der Waals surface area contributed by atoms with Crippen LogP contribution in [0.15, 0.2) is 0 Å². The summed E-state index contributed by atoms with van der Waals surface area (Å²) in [5.41, 5.74) is 0. The zero-order valence-electron chi connectivity index (χ0n) is 4.96. The molecule has 0 saturated carbocycles. The molecule has 0 spiro atoms. The maximum atomic E-state index is 10.2. The molecule has 1 aliphatic rings. The molecule has 10 heavy (non-hydrogen) atoms. The standard InChI is InChI=1S/CH2O6P2.Na/c2-1-5-8(3)7-9(4)6-1;/h1-2H;/q+2;. The van der Waals surface area contributed by atoms with Crippen LogP contribution in [-0.4, -0.2) is 41.1 Å². The van der Waals surface area contributed by atoms with Crippen LogP contribution >= 0.6 is 16.5 Å². The molecule has 0 aliphatic carbocycles. The minimum absolute atomic E-state index is 0. The molecule has 0 aromatic rings. The zero-order chi connectivity index (χ0) is 6.85. The molecule has 1 rings (SSSR count). The van der Waals surface area contributed by atoms with Gasteiger partial charge < -0.3 is 5.11 Å². The fourth-order valence-electron chi connectivity index (χ4n) is 0.259. The summed E-state index contributed by atoms with van der Waals surface area (Å²) in [4.78, 5) is 0. The van der Waals surface area contributed by atoms with Crippen molar-refractivity contribution in [3.63, 3.8) is 0 Å². The third kappa shape index (κ3) is 3.44. The summed E-state index contributed by atoms with van der Waals surface area (Å²) in [6, 6.07) is 0. The van der Waals surface area contributed by atoms with E-state index < -0.39 is 23.0 Å². The van der Waals surface area contributed by atoms with Gasteiger partial charge in [-0.25, -0.2) is 0 Å². The van der Waals surface area contributed by atoms with E-state index in [0.29, 0.717) is 0 Å². The fraction of sp³-hybridized carbons (Fsp3) is 1.00. The van der Waals surface area contributed by atoms with Crippen molar-refractivity contribution in [1.82, 2.24) is 0 Å². The average Bonchev–Trinajstić information content (AvgIpc) is 1.59. The van der Waals surface area contributed by atoms with E-state index in [4.69, 9.17) is 5.11 Å². The Morgan fingerprint density at radius 2 is 1.60 bits per heavy atom. The summed E-state index contributed by atoms with van der Waals surface area (Å²) >= 11 is 0. The predicted octanol–water partition coefficient (Wildman–Crippen LogP) is 0.260. The van der Waals surface area contributed by atoms with Crippen LogP contribution in [0.1, 0.15) is 0 Å². The monoisotopic (exact) mass is 195 g/mol. The van der Waals surface area contributed by atoms with Crippen LogP contribution in [0.25, 0.3) is 0 Å². The second kappa shape index (κ2) is 4.83. The van der Waals surface area contributed by atoms with Crippen LogP contribution in [-0.2, 0) is 22.5 Å². The van der Waals surface area contributed by atoms with Crippen molar-refractivity contribution in [3.05, 3.63) is 0 Å². The van der Waals surface area contributed by atoms with Gasteiger partial charge in [0, 0.05) is 38.7 Å². The Kier molecular flexibility index (Phi) is 5.33. The first-order valence-electron chi connectivity index (χ1n) is 1.83. The number of aliphatic hydroxyl groups excluding tert-OH is 1. The Hall–Kier alpha value is 1.04. The van der Waals surface area contributed by atoms with Gasteiger partial charge in [0.2, 0.25) is 0 Å². The predicted molar refractivity (Wildman–Crippen MR) is 30.2 cm³/mol. The Morgan fingerprint density at radius 1 is 1.20 bits per heavy atom. The van der Waals surface area contributed by atoms with Crippen LogP contribution < -0.4 is 0 Å². The van der Waals surface area contributed by atoms with Crippen molar-refractivity contribution in [2.24, 2.45) is 0 Å². The topological polar surface area (TPSA) is 82.1 Å². The molecule has 1 saturated heterocycles. The van der Waals surface area contributed by atoms with Gasteiger partial charge in [0.05, 0.1) is 0 Å². The number of aliphatic hydroxyl groups is 1. The molecular weight excluding hydrogens is 193 g/mol. The summed E-state index contributed by atoms with van der Waals surface area (Å²) in [6.07, 6.45) is 0. The van der Waals surface area contributed by atoms with Gasteiger partial charge in [0.1, 0.15) is 0 Å². The van der Waals surface area contributed by atoms with Gasteiger partial charge >= 0.3 is 23.0 Å². The smallest absolute Gasteiger partial charge is 0.340 e. The van der Waals surface area contributed by atoms with E-state index >= 15 is 0 Å². The van der Waals surface area contributed by atoms with Crippen molar-refractivity contribution < 1.29 is 27.6 Å². The molecule has 0 amide bonds. The molecule has 2 atom stereocenters. The maximum Gasteiger partial charge on any atom is 0.753 e. The van der Waals surface area contributed by atoms with Crippen molar-refractivity contribution in [3.8, 4) is 0 Å². The van der Waals surface area contributed by atoms with Crippen molar-refractivity contribution >= 4 is 46.1 Å². The van der Waals surface area contributed by atoms with Crippen LogP contribution in [0, 0.1) is 0 Å². The van der Waals surface area contributed by atoms with Gasteiger partial charge in [0.15, 0.2) is 4.31 Å². The van der Waals surface area contributed by atoms with Gasteiger partial charge in [-0.3, -0.25) is 0 Å². The molecule has 51 valence electrons. The third-order valence-electron chi connectivity index (χ3n) is 0.486. The third-order valence-corrected chi connectivity index (χ3v) is 2.26. The molecular formula is CH2NaO6P2+2. The van der Waals surface area contributed by atoms with Gasteiger partial charge in [-0.15, -0.1) is 0 Å². The van der Waals surface area contributed by atoms with Crippen LogP contribution in [0.3, 0.4) is 0 Å². The van der Waals surface area contributed by atoms with Gasteiger partial charge in [0.25, 0.3) is 0 Å². The largest absolute Gasteiger partial charge is 0.753 e. The Morgan fingerprint density at radius 3 is 1.90 bits per heavy atom. The molecule has 1 radical (unpaired) electrons. The molecule has 6 nitrogen and oxygen atoms in total. The fourth-order valence-corrected chi connectivity index (χ4v) is 1.45. The molecule has 0 aromatic heterocycles. The van der Waals surface area contributed by atoms with Gasteiger partial charge in [-0.2, -0.15) is 0 Å². The molecule has 1 heterocycles. The summed E-state index contributed by atoms with van der Waals surface area (Å²) < 4.78 is 32.3. The first-order valence-corrected chi connectivity index (χ1v) is 4.02. The van der Waals surface area contributed by atoms with E-state index in [9.17, 15) is 9.13 Å². The van der Waals surface area contributed by atoms with Crippen molar-refractivity contribution in [1.29, 1.82) is 0 Å². The minimum Gasteiger partial charge on any atom is -0.340 e. The Labute approximate surface area is 80.0 Å². The first-order chi connectivity index (χ1) is 4.18. The summed E-state index contributed by atoms with van der Waals surface area (Å²) in [5, 5.41) is 8.36. The maximum absolute atomic E-state index is 10.2. The summed E-state index contributed by atoms with van der Waals surface area (Å²) in [5.74, 6) is 0. The molecule has 0 bridgehead atoms. The van der Waals surface area contributed by atoms with E-state index in [1.807, 2.05) is 0 Å². The minimum atomic E-state index is -2.48. The van der Waals surface area contributed by atoms with Crippen LogP contribution in [0.5, 0.6) is 0 Å².